The van der Waals surface area contributed by atoms with Crippen molar-refractivity contribution in [1.29, 1.82) is 0 Å². The van der Waals surface area contributed by atoms with Gasteiger partial charge in [-0.1, -0.05) is 42.8 Å². The zero-order chi connectivity index (χ0) is 16.7. The predicted molar refractivity (Wildman–Crippen MR) is 99.0 cm³/mol. The largest absolute Gasteiger partial charge is 0.497 e. The Morgan fingerprint density at radius 2 is 1.88 bits per heavy atom. The maximum absolute atomic E-state index is 5.35. The molecule has 0 spiro atoms. The molecule has 0 aromatic heterocycles. The van der Waals surface area contributed by atoms with Crippen LogP contribution in [0.15, 0.2) is 42.5 Å². The molecule has 24 heavy (non-hydrogen) atoms. The van der Waals surface area contributed by atoms with E-state index >= 15 is 0 Å². The van der Waals surface area contributed by atoms with Gasteiger partial charge in [-0.2, -0.15) is 0 Å². The Balaban J connectivity index is 1.77. The molecule has 0 saturated carbocycles. The van der Waals surface area contributed by atoms with E-state index in [2.05, 4.69) is 61.2 Å². The third kappa shape index (κ3) is 2.53. The van der Waals surface area contributed by atoms with Crippen LogP contribution in [0.25, 0.3) is 0 Å². The summed E-state index contributed by atoms with van der Waals surface area (Å²) in [5.41, 5.74) is 5.97. The summed E-state index contributed by atoms with van der Waals surface area (Å²) in [5.74, 6) is 2.90. The van der Waals surface area contributed by atoms with Crippen LogP contribution in [0.2, 0.25) is 0 Å². The number of hydrogen-bond acceptors (Lipinski definition) is 2. The molecule has 1 saturated heterocycles. The summed E-state index contributed by atoms with van der Waals surface area (Å²) in [7, 11) is 1.74. The number of methoxy groups -OCH3 is 1. The lowest BCUT2D eigenvalue weighted by atomic mass is 9.78. The normalized spacial score (nSPS) is 26.0. The molecule has 4 rings (SSSR count). The SMILES string of the molecule is CCN1CC[C@H]2[C@@H](c3ccc(OC)cc3)c3cc(C)ccc3[C@H]2C1. The summed E-state index contributed by atoms with van der Waals surface area (Å²) < 4.78 is 5.35. The first-order valence-electron chi connectivity index (χ1n) is 9.18. The molecule has 126 valence electrons. The fourth-order valence-electron chi connectivity index (χ4n) is 4.82. The number of likely N-dealkylation sites (N-methyl/N-ethyl adjacent to an activating group) is 1. The Hall–Kier alpha value is -1.80. The first-order chi connectivity index (χ1) is 11.7. The minimum Gasteiger partial charge on any atom is -0.497 e. The van der Waals surface area contributed by atoms with E-state index < -0.39 is 0 Å². The van der Waals surface area contributed by atoms with Gasteiger partial charge in [0.15, 0.2) is 0 Å². The minimum atomic E-state index is 0.537. The van der Waals surface area contributed by atoms with Crippen LogP contribution in [0.3, 0.4) is 0 Å². The van der Waals surface area contributed by atoms with Crippen LogP contribution >= 0.6 is 0 Å². The summed E-state index contributed by atoms with van der Waals surface area (Å²) in [5, 5.41) is 0. The van der Waals surface area contributed by atoms with E-state index in [0.29, 0.717) is 11.8 Å². The predicted octanol–water partition coefficient (Wildman–Crippen LogP) is 4.57. The summed E-state index contributed by atoms with van der Waals surface area (Å²) in [6.45, 7) is 8.11. The van der Waals surface area contributed by atoms with Gasteiger partial charge < -0.3 is 9.64 Å². The molecule has 3 atom stereocenters. The van der Waals surface area contributed by atoms with E-state index in [9.17, 15) is 0 Å². The van der Waals surface area contributed by atoms with Crippen LogP contribution < -0.4 is 4.74 Å². The van der Waals surface area contributed by atoms with Crippen molar-refractivity contribution in [1.82, 2.24) is 4.90 Å². The van der Waals surface area contributed by atoms with Crippen molar-refractivity contribution >= 4 is 0 Å². The summed E-state index contributed by atoms with van der Waals surface area (Å²) >= 11 is 0. The van der Waals surface area contributed by atoms with Gasteiger partial charge >= 0.3 is 0 Å². The number of piperidine rings is 1. The highest BCUT2D eigenvalue weighted by Crippen LogP contribution is 2.53. The summed E-state index contributed by atoms with van der Waals surface area (Å²) in [6.07, 6.45) is 1.29. The molecule has 2 aromatic carbocycles. The van der Waals surface area contributed by atoms with E-state index in [0.717, 1.165) is 18.2 Å². The highest BCUT2D eigenvalue weighted by Gasteiger charge is 2.43. The topological polar surface area (TPSA) is 12.5 Å². The Labute approximate surface area is 145 Å². The standard InChI is InChI=1S/C22H27NO/c1-4-23-12-11-19-21(14-23)18-10-5-15(2)13-20(18)22(19)16-6-8-17(24-3)9-7-16/h5-10,13,19,21-22H,4,11-12,14H2,1-3H3/t19-,21-,22-/m1/s1. The number of hydrogen-bond donors (Lipinski definition) is 0. The lowest BCUT2D eigenvalue weighted by Gasteiger charge is -2.37. The van der Waals surface area contributed by atoms with E-state index in [4.69, 9.17) is 4.74 Å². The Bertz CT molecular complexity index is 721. The third-order valence-corrected chi connectivity index (χ3v) is 6.08. The molecule has 0 bridgehead atoms. The van der Waals surface area contributed by atoms with Crippen molar-refractivity contribution in [3.8, 4) is 5.75 Å². The van der Waals surface area contributed by atoms with E-state index in [1.54, 1.807) is 18.2 Å². The van der Waals surface area contributed by atoms with Crippen LogP contribution in [-0.2, 0) is 0 Å². The molecule has 0 radical (unpaired) electrons. The average molecular weight is 321 g/mol. The van der Waals surface area contributed by atoms with Crippen molar-refractivity contribution < 1.29 is 4.74 Å². The van der Waals surface area contributed by atoms with Gasteiger partial charge in [0, 0.05) is 18.4 Å². The number of fused-ring (bicyclic) bond motifs is 3. The molecule has 2 aromatic rings. The number of rotatable bonds is 3. The lowest BCUT2D eigenvalue weighted by molar-refractivity contribution is 0.167. The number of benzene rings is 2. The maximum atomic E-state index is 5.35. The molecule has 2 aliphatic rings. The van der Waals surface area contributed by atoms with Gasteiger partial charge in [0.05, 0.1) is 7.11 Å². The highest BCUT2D eigenvalue weighted by molar-refractivity contribution is 5.49. The quantitative estimate of drug-likeness (QED) is 0.821. The average Bonchev–Trinajstić information content (AvgIpc) is 2.94. The van der Waals surface area contributed by atoms with Gasteiger partial charge in [-0.15, -0.1) is 0 Å². The molecule has 1 aliphatic carbocycles. The number of likely N-dealkylation sites (tertiary alicyclic amines) is 1. The Morgan fingerprint density at radius 1 is 1.08 bits per heavy atom. The Kier molecular flexibility index (Phi) is 4.09. The fourth-order valence-corrected chi connectivity index (χ4v) is 4.82. The van der Waals surface area contributed by atoms with Crippen molar-refractivity contribution in [2.24, 2.45) is 5.92 Å². The second kappa shape index (κ2) is 6.25. The smallest absolute Gasteiger partial charge is 0.118 e. The Morgan fingerprint density at radius 3 is 2.58 bits per heavy atom. The van der Waals surface area contributed by atoms with Gasteiger partial charge in [-0.25, -0.2) is 0 Å². The monoisotopic (exact) mass is 321 g/mol. The number of aryl methyl sites for hydroxylation is 1. The second-order valence-electron chi connectivity index (χ2n) is 7.34. The molecule has 0 amide bonds. The van der Waals surface area contributed by atoms with Gasteiger partial charge in [0.2, 0.25) is 0 Å². The van der Waals surface area contributed by atoms with Crippen LogP contribution in [0.4, 0.5) is 0 Å². The zero-order valence-electron chi connectivity index (χ0n) is 15.0. The van der Waals surface area contributed by atoms with Crippen LogP contribution in [0.1, 0.15) is 47.4 Å². The van der Waals surface area contributed by atoms with Crippen LogP contribution in [0.5, 0.6) is 5.75 Å². The highest BCUT2D eigenvalue weighted by atomic mass is 16.5. The minimum absolute atomic E-state index is 0.537. The van der Waals surface area contributed by atoms with Crippen molar-refractivity contribution in [2.75, 3.05) is 26.7 Å². The van der Waals surface area contributed by atoms with Gasteiger partial charge in [-0.3, -0.25) is 0 Å². The fraction of sp³-hybridized carbons (Fsp3) is 0.455. The first-order valence-corrected chi connectivity index (χ1v) is 9.18. The zero-order valence-corrected chi connectivity index (χ0v) is 15.0. The molecule has 1 fully saturated rings. The molecule has 1 aliphatic heterocycles. The van der Waals surface area contributed by atoms with Crippen molar-refractivity contribution in [3.05, 3.63) is 64.7 Å². The molecule has 2 heteroatoms. The van der Waals surface area contributed by atoms with Gasteiger partial charge in [0.25, 0.3) is 0 Å². The van der Waals surface area contributed by atoms with E-state index in [1.807, 2.05) is 0 Å². The van der Waals surface area contributed by atoms with Crippen molar-refractivity contribution in [2.45, 2.75) is 32.1 Å². The first kappa shape index (κ1) is 15.7. The molecular weight excluding hydrogens is 294 g/mol. The van der Waals surface area contributed by atoms with Crippen LogP contribution in [-0.4, -0.2) is 31.6 Å². The summed E-state index contributed by atoms with van der Waals surface area (Å²) in [6, 6.07) is 15.9. The third-order valence-electron chi connectivity index (χ3n) is 6.08. The molecule has 2 nitrogen and oxygen atoms in total. The van der Waals surface area contributed by atoms with Crippen LogP contribution in [0, 0.1) is 12.8 Å². The number of nitrogens with zero attached hydrogens (tertiary/aromatic N) is 1. The van der Waals surface area contributed by atoms with Gasteiger partial charge in [-0.05, 0) is 61.2 Å². The van der Waals surface area contributed by atoms with E-state index in [-0.39, 0.29) is 0 Å². The number of ether oxygens (including phenoxy) is 1. The lowest BCUT2D eigenvalue weighted by Crippen LogP contribution is -2.38. The molecule has 0 N–H and O–H groups in total. The molecule has 0 unspecified atom stereocenters. The maximum Gasteiger partial charge on any atom is 0.118 e. The summed E-state index contributed by atoms with van der Waals surface area (Å²) in [4.78, 5) is 2.61. The molecule has 1 heterocycles. The van der Waals surface area contributed by atoms with E-state index in [1.165, 1.54) is 30.6 Å². The second-order valence-corrected chi connectivity index (χ2v) is 7.34. The van der Waals surface area contributed by atoms with Crippen molar-refractivity contribution in [3.63, 3.8) is 0 Å². The molecular formula is C22H27NO. The van der Waals surface area contributed by atoms with Gasteiger partial charge in [0.1, 0.15) is 5.75 Å².